The van der Waals surface area contributed by atoms with E-state index in [2.05, 4.69) is 64.1 Å². The molecule has 0 aliphatic carbocycles. The van der Waals surface area contributed by atoms with Crippen LogP contribution in [0.25, 0.3) is 0 Å². The van der Waals surface area contributed by atoms with Crippen LogP contribution in [0, 0.1) is 6.92 Å². The first-order valence-corrected chi connectivity index (χ1v) is 10.6. The number of aryl methyl sites for hydroxylation is 1. The fourth-order valence-electron chi connectivity index (χ4n) is 4.72. The molecule has 2 saturated heterocycles. The summed E-state index contributed by atoms with van der Waals surface area (Å²) in [6.45, 7) is 10.2. The minimum atomic E-state index is 0.692. The molecule has 2 aliphatic heterocycles. The molecule has 150 valence electrons. The zero-order valence-electron chi connectivity index (χ0n) is 17.3. The number of methoxy groups -OCH3 is 1. The summed E-state index contributed by atoms with van der Waals surface area (Å²) in [5.41, 5.74) is 4.12. The van der Waals surface area contributed by atoms with Crippen molar-refractivity contribution in [3.63, 3.8) is 0 Å². The molecule has 0 spiro atoms. The molecule has 2 fully saturated rings. The lowest BCUT2D eigenvalue weighted by Crippen LogP contribution is -2.55. The van der Waals surface area contributed by atoms with Gasteiger partial charge in [0.05, 0.1) is 12.8 Å². The van der Waals surface area contributed by atoms with Gasteiger partial charge in [-0.2, -0.15) is 0 Å². The van der Waals surface area contributed by atoms with Crippen molar-refractivity contribution in [1.82, 2.24) is 9.80 Å². The molecule has 1 atom stereocenters. The fourth-order valence-corrected chi connectivity index (χ4v) is 4.72. The van der Waals surface area contributed by atoms with Gasteiger partial charge in [0.1, 0.15) is 5.75 Å². The molecule has 2 aromatic carbocycles. The van der Waals surface area contributed by atoms with Gasteiger partial charge in [-0.15, -0.1) is 0 Å². The van der Waals surface area contributed by atoms with E-state index in [0.29, 0.717) is 6.04 Å². The Morgan fingerprint density at radius 1 is 0.929 bits per heavy atom. The summed E-state index contributed by atoms with van der Waals surface area (Å²) in [6.07, 6.45) is 2.64. The normalized spacial score (nSPS) is 21.6. The predicted octanol–water partition coefficient (Wildman–Crippen LogP) is 3.79. The Morgan fingerprint density at radius 3 is 2.46 bits per heavy atom. The third kappa shape index (κ3) is 4.34. The van der Waals surface area contributed by atoms with Crippen molar-refractivity contribution in [2.75, 3.05) is 51.3 Å². The number of likely N-dealkylation sites (tertiary alicyclic amines) is 1. The van der Waals surface area contributed by atoms with Crippen LogP contribution in [0.2, 0.25) is 0 Å². The maximum Gasteiger partial charge on any atom is 0.142 e. The maximum absolute atomic E-state index is 5.56. The average molecular weight is 380 g/mol. The summed E-state index contributed by atoms with van der Waals surface area (Å²) in [6, 6.07) is 17.9. The average Bonchev–Trinajstić information content (AvgIpc) is 2.76. The van der Waals surface area contributed by atoms with Crippen LogP contribution in [0.15, 0.2) is 48.5 Å². The van der Waals surface area contributed by atoms with Crippen LogP contribution in [0.3, 0.4) is 0 Å². The first kappa shape index (κ1) is 19.3. The molecule has 0 aromatic heterocycles. The van der Waals surface area contributed by atoms with Gasteiger partial charge in [-0.3, -0.25) is 9.80 Å². The number of para-hydroxylation sites is 2. The highest BCUT2D eigenvalue weighted by molar-refractivity contribution is 5.58. The van der Waals surface area contributed by atoms with Crippen molar-refractivity contribution >= 4 is 5.69 Å². The van der Waals surface area contributed by atoms with E-state index in [9.17, 15) is 0 Å². The molecule has 0 saturated carbocycles. The van der Waals surface area contributed by atoms with E-state index in [1.165, 1.54) is 42.7 Å². The highest BCUT2D eigenvalue weighted by Crippen LogP contribution is 2.29. The second-order valence-electron chi connectivity index (χ2n) is 8.15. The molecule has 4 rings (SSSR count). The van der Waals surface area contributed by atoms with E-state index in [1.807, 2.05) is 6.07 Å². The van der Waals surface area contributed by atoms with E-state index in [-0.39, 0.29) is 0 Å². The van der Waals surface area contributed by atoms with Crippen LogP contribution in [0.1, 0.15) is 24.0 Å². The minimum Gasteiger partial charge on any atom is -0.495 e. The van der Waals surface area contributed by atoms with E-state index < -0.39 is 0 Å². The van der Waals surface area contributed by atoms with Crippen LogP contribution >= 0.6 is 0 Å². The Balaban J connectivity index is 1.33. The van der Waals surface area contributed by atoms with Crippen LogP contribution < -0.4 is 9.64 Å². The largest absolute Gasteiger partial charge is 0.495 e. The summed E-state index contributed by atoms with van der Waals surface area (Å²) >= 11 is 0. The Hall–Kier alpha value is -2.04. The third-order valence-electron chi connectivity index (χ3n) is 6.39. The SMILES string of the molecule is COc1ccccc1N1CCN([C@H]2CCCN(Cc3ccccc3C)C2)CC1. The van der Waals surface area contributed by atoms with Gasteiger partial charge in [-0.05, 0) is 49.6 Å². The lowest BCUT2D eigenvalue weighted by atomic mass is 10.0. The standard InChI is InChI=1S/C24H33N3O/c1-20-8-3-4-9-21(20)18-25-13-7-10-22(19-25)26-14-16-27(17-15-26)23-11-5-6-12-24(23)28-2/h3-6,8-9,11-12,22H,7,10,13-19H2,1-2H3/t22-/m0/s1. The second-order valence-corrected chi connectivity index (χ2v) is 8.15. The summed E-state index contributed by atoms with van der Waals surface area (Å²) in [4.78, 5) is 7.85. The topological polar surface area (TPSA) is 19.0 Å². The minimum absolute atomic E-state index is 0.692. The predicted molar refractivity (Wildman–Crippen MR) is 116 cm³/mol. The van der Waals surface area contributed by atoms with Crippen LogP contribution in [0.5, 0.6) is 5.75 Å². The number of nitrogens with zero attached hydrogens (tertiary/aromatic N) is 3. The van der Waals surface area contributed by atoms with Gasteiger partial charge in [0.2, 0.25) is 0 Å². The van der Waals surface area contributed by atoms with Crippen LogP contribution in [-0.2, 0) is 6.54 Å². The number of ether oxygens (including phenoxy) is 1. The van der Waals surface area contributed by atoms with Gasteiger partial charge in [0.15, 0.2) is 0 Å². The molecule has 0 unspecified atom stereocenters. The molecular formula is C24H33N3O. The molecule has 0 radical (unpaired) electrons. The van der Waals surface area contributed by atoms with Crippen molar-refractivity contribution < 1.29 is 4.74 Å². The fraction of sp³-hybridized carbons (Fsp3) is 0.500. The monoisotopic (exact) mass is 379 g/mol. The van der Waals surface area contributed by atoms with Crippen molar-refractivity contribution in [2.24, 2.45) is 0 Å². The summed E-state index contributed by atoms with van der Waals surface area (Å²) in [5, 5.41) is 0. The van der Waals surface area contributed by atoms with Gasteiger partial charge in [-0.25, -0.2) is 0 Å². The molecule has 0 amide bonds. The Kier molecular flexibility index (Phi) is 6.18. The number of hydrogen-bond donors (Lipinski definition) is 0. The number of benzene rings is 2. The molecule has 4 nitrogen and oxygen atoms in total. The van der Waals surface area contributed by atoms with Gasteiger partial charge in [-0.1, -0.05) is 36.4 Å². The third-order valence-corrected chi connectivity index (χ3v) is 6.39. The van der Waals surface area contributed by atoms with E-state index in [0.717, 1.165) is 38.5 Å². The van der Waals surface area contributed by atoms with Gasteiger partial charge >= 0.3 is 0 Å². The van der Waals surface area contributed by atoms with Gasteiger partial charge in [0, 0.05) is 45.3 Å². The Bertz CT molecular complexity index is 770. The zero-order chi connectivity index (χ0) is 19.3. The second kappa shape index (κ2) is 8.97. The highest BCUT2D eigenvalue weighted by atomic mass is 16.5. The Labute approximate surface area is 169 Å². The van der Waals surface area contributed by atoms with Crippen LogP contribution in [-0.4, -0.2) is 62.2 Å². The summed E-state index contributed by atoms with van der Waals surface area (Å²) in [7, 11) is 1.76. The van der Waals surface area contributed by atoms with E-state index >= 15 is 0 Å². The molecular weight excluding hydrogens is 346 g/mol. The van der Waals surface area contributed by atoms with Crippen molar-refractivity contribution in [3.8, 4) is 5.75 Å². The summed E-state index contributed by atoms with van der Waals surface area (Å²) < 4.78 is 5.56. The first-order chi connectivity index (χ1) is 13.7. The van der Waals surface area contributed by atoms with E-state index in [4.69, 9.17) is 4.74 Å². The number of anilines is 1. The number of rotatable bonds is 5. The quantitative estimate of drug-likeness (QED) is 0.787. The lowest BCUT2D eigenvalue weighted by molar-refractivity contribution is 0.0886. The number of hydrogen-bond acceptors (Lipinski definition) is 4. The van der Waals surface area contributed by atoms with Crippen molar-refractivity contribution in [3.05, 3.63) is 59.7 Å². The van der Waals surface area contributed by atoms with Crippen LogP contribution in [0.4, 0.5) is 5.69 Å². The zero-order valence-corrected chi connectivity index (χ0v) is 17.3. The van der Waals surface area contributed by atoms with Gasteiger partial charge in [0.25, 0.3) is 0 Å². The molecule has 4 heteroatoms. The highest BCUT2D eigenvalue weighted by Gasteiger charge is 2.28. The molecule has 2 heterocycles. The molecule has 2 aliphatic rings. The smallest absolute Gasteiger partial charge is 0.142 e. The first-order valence-electron chi connectivity index (χ1n) is 10.6. The molecule has 0 bridgehead atoms. The Morgan fingerprint density at radius 2 is 1.68 bits per heavy atom. The van der Waals surface area contributed by atoms with Gasteiger partial charge < -0.3 is 9.64 Å². The van der Waals surface area contributed by atoms with Crippen molar-refractivity contribution in [2.45, 2.75) is 32.4 Å². The number of piperazine rings is 1. The number of piperidine rings is 1. The molecule has 0 N–H and O–H groups in total. The molecule has 28 heavy (non-hydrogen) atoms. The van der Waals surface area contributed by atoms with E-state index in [1.54, 1.807) is 7.11 Å². The maximum atomic E-state index is 5.56. The lowest BCUT2D eigenvalue weighted by Gasteiger charge is -2.44. The summed E-state index contributed by atoms with van der Waals surface area (Å²) in [5.74, 6) is 0.984. The molecule has 2 aromatic rings. The van der Waals surface area contributed by atoms with Crippen molar-refractivity contribution in [1.29, 1.82) is 0 Å².